The van der Waals surface area contributed by atoms with Gasteiger partial charge < -0.3 is 10.1 Å². The average molecular weight is 241 g/mol. The van der Waals surface area contributed by atoms with Gasteiger partial charge in [-0.05, 0) is 25.5 Å². The summed E-state index contributed by atoms with van der Waals surface area (Å²) in [5.41, 5.74) is 0.768. The molecule has 1 aromatic heterocycles. The van der Waals surface area contributed by atoms with E-state index in [0.29, 0.717) is 18.0 Å². The number of rotatable bonds is 5. The predicted molar refractivity (Wildman–Crippen MR) is 63.1 cm³/mol. The van der Waals surface area contributed by atoms with E-state index in [4.69, 9.17) is 4.74 Å². The molecule has 1 aromatic rings. The van der Waals surface area contributed by atoms with Crippen LogP contribution in [0.1, 0.15) is 12.1 Å². The molecule has 0 aliphatic heterocycles. The Bertz CT molecular complexity index is 385. The molecule has 0 spiro atoms. The molecule has 0 bridgehead atoms. The first-order valence-electron chi connectivity index (χ1n) is 5.30. The van der Waals surface area contributed by atoms with Gasteiger partial charge in [0.05, 0.1) is 13.8 Å². The summed E-state index contributed by atoms with van der Waals surface area (Å²) in [5, 5.41) is 5.07. The summed E-state index contributed by atoms with van der Waals surface area (Å²) in [7, 11) is 1.50. The molecule has 0 fully saturated rings. The van der Waals surface area contributed by atoms with Crippen LogP contribution in [0.25, 0.3) is 0 Å². The van der Waals surface area contributed by atoms with Crippen molar-refractivity contribution in [3.05, 3.63) is 17.8 Å². The molecule has 6 heteroatoms. The third-order valence-electron chi connectivity index (χ3n) is 2.05. The fourth-order valence-corrected chi connectivity index (χ4v) is 1.22. The highest BCUT2D eigenvalue weighted by Gasteiger charge is 2.08. The van der Waals surface area contributed by atoms with Gasteiger partial charge in [0.1, 0.15) is 0 Å². The first-order valence-corrected chi connectivity index (χ1v) is 5.30. The molecule has 0 saturated carbocycles. The number of halogens is 1. The molecule has 17 heavy (non-hydrogen) atoms. The Morgan fingerprint density at radius 2 is 2.29 bits per heavy atom. The summed E-state index contributed by atoms with van der Waals surface area (Å²) >= 11 is 0. The molecule has 0 radical (unpaired) electrons. The van der Waals surface area contributed by atoms with Gasteiger partial charge in [0.2, 0.25) is 0 Å². The summed E-state index contributed by atoms with van der Waals surface area (Å²) < 4.78 is 16.9. The molecule has 94 valence electrons. The lowest BCUT2D eigenvalue weighted by Crippen LogP contribution is -2.30. The Labute approximate surface area is 99.4 Å². The van der Waals surface area contributed by atoms with Crippen LogP contribution in [0.4, 0.5) is 15.0 Å². The molecule has 0 saturated heterocycles. The molecule has 2 N–H and O–H groups in total. The zero-order chi connectivity index (χ0) is 12.7. The van der Waals surface area contributed by atoms with Crippen LogP contribution in [0.2, 0.25) is 0 Å². The number of aryl methyl sites for hydroxylation is 1. The monoisotopic (exact) mass is 241 g/mol. The Morgan fingerprint density at radius 3 is 2.94 bits per heavy atom. The molecule has 0 aliphatic carbocycles. The van der Waals surface area contributed by atoms with Crippen molar-refractivity contribution in [2.75, 3.05) is 25.6 Å². The van der Waals surface area contributed by atoms with Crippen LogP contribution < -0.4 is 15.4 Å². The lowest BCUT2D eigenvalue weighted by molar-refractivity contribution is 0.251. The number of anilines is 1. The Morgan fingerprint density at radius 1 is 1.53 bits per heavy atom. The van der Waals surface area contributed by atoms with Gasteiger partial charge >= 0.3 is 6.03 Å². The number of urea groups is 1. The number of nitrogens with one attached hydrogen (secondary N) is 2. The van der Waals surface area contributed by atoms with Gasteiger partial charge in [-0.1, -0.05) is 0 Å². The number of pyridine rings is 1. The maximum Gasteiger partial charge on any atom is 0.320 e. The standard InChI is InChI=1S/C11H16FN3O2/c1-8-4-5-9(17-2)10(14-8)15-11(16)13-7-3-6-12/h4-5H,3,6-7H2,1-2H3,(H2,13,14,15,16). The second kappa shape index (κ2) is 6.67. The maximum atomic E-state index is 11.8. The normalized spacial score (nSPS) is 9.82. The Balaban J connectivity index is 2.60. The van der Waals surface area contributed by atoms with Crippen LogP contribution in [0.3, 0.4) is 0 Å². The second-order valence-corrected chi connectivity index (χ2v) is 3.43. The molecule has 2 amide bonds. The van der Waals surface area contributed by atoms with Gasteiger partial charge in [0, 0.05) is 12.2 Å². The van der Waals surface area contributed by atoms with E-state index in [-0.39, 0.29) is 6.54 Å². The van der Waals surface area contributed by atoms with E-state index >= 15 is 0 Å². The number of amides is 2. The van der Waals surface area contributed by atoms with Gasteiger partial charge in [-0.25, -0.2) is 9.78 Å². The van der Waals surface area contributed by atoms with Crippen LogP contribution in [0.15, 0.2) is 12.1 Å². The summed E-state index contributed by atoms with van der Waals surface area (Å²) in [6.07, 6.45) is 0.297. The zero-order valence-electron chi connectivity index (χ0n) is 9.92. The van der Waals surface area contributed by atoms with Crippen molar-refractivity contribution in [2.24, 2.45) is 0 Å². The van der Waals surface area contributed by atoms with Gasteiger partial charge in [-0.2, -0.15) is 0 Å². The van der Waals surface area contributed by atoms with E-state index in [1.54, 1.807) is 12.1 Å². The van der Waals surface area contributed by atoms with Gasteiger partial charge in [0.15, 0.2) is 11.6 Å². The minimum atomic E-state index is -0.452. The van der Waals surface area contributed by atoms with Crippen LogP contribution in [-0.2, 0) is 0 Å². The quantitative estimate of drug-likeness (QED) is 0.774. The third-order valence-corrected chi connectivity index (χ3v) is 2.05. The molecular weight excluding hydrogens is 225 g/mol. The zero-order valence-corrected chi connectivity index (χ0v) is 9.92. The lowest BCUT2D eigenvalue weighted by Gasteiger charge is -2.10. The molecule has 0 aliphatic rings. The number of nitrogens with zero attached hydrogens (tertiary/aromatic N) is 1. The van der Waals surface area contributed by atoms with Crippen LogP contribution in [0.5, 0.6) is 5.75 Å². The van der Waals surface area contributed by atoms with Crippen molar-refractivity contribution in [1.29, 1.82) is 0 Å². The summed E-state index contributed by atoms with van der Waals surface area (Å²) in [4.78, 5) is 15.6. The number of ether oxygens (including phenoxy) is 1. The number of hydrogen-bond donors (Lipinski definition) is 2. The highest BCUT2D eigenvalue weighted by Crippen LogP contribution is 2.21. The molecule has 5 nitrogen and oxygen atoms in total. The largest absolute Gasteiger partial charge is 0.493 e. The average Bonchev–Trinajstić information content (AvgIpc) is 2.29. The van der Waals surface area contributed by atoms with Crippen molar-refractivity contribution in [3.8, 4) is 5.75 Å². The van der Waals surface area contributed by atoms with Crippen molar-refractivity contribution in [1.82, 2.24) is 10.3 Å². The summed E-state index contributed by atoms with van der Waals surface area (Å²) in [6, 6.07) is 3.08. The summed E-state index contributed by atoms with van der Waals surface area (Å²) in [5.74, 6) is 0.835. The fourth-order valence-electron chi connectivity index (χ4n) is 1.22. The first kappa shape index (κ1) is 13.2. The van der Waals surface area contributed by atoms with Crippen LogP contribution in [0, 0.1) is 6.92 Å². The molecule has 0 aromatic carbocycles. The summed E-state index contributed by atoms with van der Waals surface area (Å²) in [6.45, 7) is 1.65. The van der Waals surface area contributed by atoms with Gasteiger partial charge in [-0.3, -0.25) is 9.71 Å². The topological polar surface area (TPSA) is 63.2 Å². The third kappa shape index (κ3) is 4.26. The van der Waals surface area contributed by atoms with Crippen LogP contribution in [-0.4, -0.2) is 31.3 Å². The van der Waals surface area contributed by atoms with E-state index in [0.717, 1.165) is 5.69 Å². The molecular formula is C11H16FN3O2. The molecule has 1 heterocycles. The van der Waals surface area contributed by atoms with E-state index in [2.05, 4.69) is 15.6 Å². The van der Waals surface area contributed by atoms with Crippen molar-refractivity contribution < 1.29 is 13.9 Å². The maximum absolute atomic E-state index is 11.8. The van der Waals surface area contributed by atoms with Gasteiger partial charge in [0.25, 0.3) is 0 Å². The first-order chi connectivity index (χ1) is 8.17. The minimum absolute atomic E-state index is 0.288. The molecule has 1 rings (SSSR count). The number of carbonyl (C=O) groups is 1. The number of carbonyl (C=O) groups excluding carboxylic acids is 1. The SMILES string of the molecule is COc1ccc(C)nc1NC(=O)NCCCF. The fraction of sp³-hybridized carbons (Fsp3) is 0.455. The van der Waals surface area contributed by atoms with E-state index in [1.165, 1.54) is 7.11 Å². The highest BCUT2D eigenvalue weighted by atomic mass is 19.1. The minimum Gasteiger partial charge on any atom is -0.493 e. The number of methoxy groups -OCH3 is 1. The van der Waals surface area contributed by atoms with Crippen molar-refractivity contribution in [3.63, 3.8) is 0 Å². The van der Waals surface area contributed by atoms with Gasteiger partial charge in [-0.15, -0.1) is 0 Å². The van der Waals surface area contributed by atoms with E-state index in [1.807, 2.05) is 6.92 Å². The smallest absolute Gasteiger partial charge is 0.320 e. The molecule has 0 atom stereocenters. The molecule has 0 unspecified atom stereocenters. The van der Waals surface area contributed by atoms with E-state index in [9.17, 15) is 9.18 Å². The Kier molecular flexibility index (Phi) is 5.19. The lowest BCUT2D eigenvalue weighted by atomic mass is 10.3. The number of aromatic nitrogens is 1. The number of hydrogen-bond acceptors (Lipinski definition) is 3. The van der Waals surface area contributed by atoms with Crippen molar-refractivity contribution >= 4 is 11.8 Å². The Hall–Kier alpha value is -1.85. The van der Waals surface area contributed by atoms with E-state index < -0.39 is 12.7 Å². The van der Waals surface area contributed by atoms with Crippen LogP contribution >= 0.6 is 0 Å². The predicted octanol–water partition coefficient (Wildman–Crippen LogP) is 1.88. The van der Waals surface area contributed by atoms with Crippen molar-refractivity contribution in [2.45, 2.75) is 13.3 Å². The number of alkyl halides is 1. The second-order valence-electron chi connectivity index (χ2n) is 3.43. The highest BCUT2D eigenvalue weighted by molar-refractivity contribution is 5.89.